The minimum atomic E-state index is -0.363. The van der Waals surface area contributed by atoms with Gasteiger partial charge in [0.15, 0.2) is 11.6 Å². The van der Waals surface area contributed by atoms with Crippen LogP contribution in [0.25, 0.3) is 0 Å². The van der Waals surface area contributed by atoms with Gasteiger partial charge in [0.2, 0.25) is 0 Å². The number of aryl methyl sites for hydroxylation is 1. The maximum atomic E-state index is 12.5. The van der Waals surface area contributed by atoms with E-state index >= 15 is 0 Å². The van der Waals surface area contributed by atoms with Crippen molar-refractivity contribution in [2.24, 2.45) is 7.05 Å². The largest absolute Gasteiger partial charge is 0.302 e. The van der Waals surface area contributed by atoms with Crippen molar-refractivity contribution in [2.45, 2.75) is 18.2 Å². The van der Waals surface area contributed by atoms with Crippen LogP contribution in [0.1, 0.15) is 38.3 Å². The number of rotatable bonds is 2. The number of Topliss-reactive ketones (excluding diaryl/α,β-unsaturated/α-hetero) is 1. The number of hydrogen-bond acceptors (Lipinski definition) is 4. The maximum absolute atomic E-state index is 12.5. The second-order valence-corrected chi connectivity index (χ2v) is 6.15. The average Bonchev–Trinajstić information content (AvgIpc) is 2.79. The smallest absolute Gasteiger partial charge is 0.277 e. The fourth-order valence-corrected chi connectivity index (χ4v) is 3.63. The number of benzene rings is 1. The molecule has 0 radical (unpaired) electrons. The van der Waals surface area contributed by atoms with Crippen molar-refractivity contribution in [1.82, 2.24) is 9.78 Å². The summed E-state index contributed by atoms with van der Waals surface area (Å²) in [6.07, 6.45) is 1.89. The van der Waals surface area contributed by atoms with Crippen molar-refractivity contribution in [3.8, 4) is 0 Å². The van der Waals surface area contributed by atoms with Gasteiger partial charge in [-0.2, -0.15) is 0 Å². The zero-order valence-corrected chi connectivity index (χ0v) is 12.5. The Balaban J connectivity index is 2.14. The first-order valence-corrected chi connectivity index (χ1v) is 7.58. The van der Waals surface area contributed by atoms with Gasteiger partial charge in [0.1, 0.15) is 5.56 Å². The van der Waals surface area contributed by atoms with Crippen molar-refractivity contribution in [2.75, 3.05) is 5.75 Å². The number of carbonyl (C=O) groups excluding carboxylic acids is 2. The van der Waals surface area contributed by atoms with Crippen molar-refractivity contribution >= 4 is 23.3 Å². The van der Waals surface area contributed by atoms with Gasteiger partial charge >= 0.3 is 0 Å². The Kier molecular flexibility index (Phi) is 3.33. The van der Waals surface area contributed by atoms with Crippen LogP contribution >= 0.6 is 11.8 Å². The number of aromatic nitrogens is 2. The predicted molar refractivity (Wildman–Crippen MR) is 80.3 cm³/mol. The standard InChI is InChI=1S/C15H14N2O3S/c1-8-9(14(19)10-7-16-17(2)15(10)20)3-4-12-13(8)11(18)5-6-21-12/h3-4,7,16H,5-6H2,1-2H3. The Bertz CT molecular complexity index is 817. The first-order valence-electron chi connectivity index (χ1n) is 6.59. The number of fused-ring (bicyclic) bond motifs is 1. The molecule has 1 aliphatic heterocycles. The average molecular weight is 302 g/mol. The summed E-state index contributed by atoms with van der Waals surface area (Å²) in [5, 5.41) is 2.69. The maximum Gasteiger partial charge on any atom is 0.277 e. The molecule has 0 unspecified atom stereocenters. The lowest BCUT2D eigenvalue weighted by molar-refractivity contribution is 0.0984. The molecule has 0 amide bonds. The van der Waals surface area contributed by atoms with Crippen molar-refractivity contribution < 1.29 is 9.59 Å². The number of carbonyl (C=O) groups is 2. The molecule has 1 aromatic carbocycles. The summed E-state index contributed by atoms with van der Waals surface area (Å²) in [7, 11) is 1.55. The van der Waals surface area contributed by atoms with Crippen LogP contribution in [0.15, 0.2) is 28.0 Å². The molecular formula is C15H14N2O3S. The number of hydrogen-bond donors (Lipinski definition) is 1. The number of ketones is 2. The van der Waals surface area contributed by atoms with E-state index in [1.54, 1.807) is 37.9 Å². The highest BCUT2D eigenvalue weighted by Crippen LogP contribution is 2.33. The van der Waals surface area contributed by atoms with Crippen LogP contribution in [-0.2, 0) is 7.05 Å². The van der Waals surface area contributed by atoms with E-state index in [1.165, 1.54) is 10.9 Å². The molecule has 21 heavy (non-hydrogen) atoms. The second kappa shape index (κ2) is 5.04. The molecule has 3 rings (SSSR count). The van der Waals surface area contributed by atoms with E-state index in [-0.39, 0.29) is 22.7 Å². The molecule has 6 heteroatoms. The molecule has 108 valence electrons. The third-order valence-corrected chi connectivity index (χ3v) is 4.78. The van der Waals surface area contributed by atoms with Gasteiger partial charge in [-0.25, -0.2) is 0 Å². The Morgan fingerprint density at radius 2 is 2.05 bits per heavy atom. The summed E-state index contributed by atoms with van der Waals surface area (Å²) in [5.41, 5.74) is 1.44. The summed E-state index contributed by atoms with van der Waals surface area (Å²) in [6, 6.07) is 3.50. The lowest BCUT2D eigenvalue weighted by Crippen LogP contribution is -2.21. The molecule has 0 atom stereocenters. The number of nitrogens with one attached hydrogen (secondary N) is 1. The van der Waals surface area contributed by atoms with Gasteiger partial charge in [0.05, 0.1) is 0 Å². The van der Waals surface area contributed by atoms with E-state index in [9.17, 15) is 14.4 Å². The van der Waals surface area contributed by atoms with Crippen LogP contribution in [0, 0.1) is 6.92 Å². The quantitative estimate of drug-likeness (QED) is 0.860. The third-order valence-electron chi connectivity index (χ3n) is 3.72. The normalized spacial score (nSPS) is 14.1. The van der Waals surface area contributed by atoms with Crippen molar-refractivity contribution in [3.63, 3.8) is 0 Å². The molecular weight excluding hydrogens is 288 g/mol. The van der Waals surface area contributed by atoms with Gasteiger partial charge in [-0.15, -0.1) is 11.8 Å². The Morgan fingerprint density at radius 3 is 2.71 bits per heavy atom. The fraction of sp³-hybridized carbons (Fsp3) is 0.267. The third kappa shape index (κ3) is 2.15. The number of aromatic amines is 1. The molecule has 1 aromatic heterocycles. The van der Waals surface area contributed by atoms with Gasteiger partial charge < -0.3 is 5.10 Å². The Hall–Kier alpha value is -2.08. The summed E-state index contributed by atoms with van der Waals surface area (Å²) in [5.74, 6) is 0.495. The van der Waals surface area contributed by atoms with Gasteiger partial charge in [-0.05, 0) is 24.6 Å². The van der Waals surface area contributed by atoms with Crippen molar-refractivity contribution in [3.05, 3.63) is 50.9 Å². The minimum absolute atomic E-state index is 0.0675. The van der Waals surface area contributed by atoms with Gasteiger partial charge in [-0.1, -0.05) is 0 Å². The highest BCUT2D eigenvalue weighted by Gasteiger charge is 2.25. The molecule has 5 nitrogen and oxygen atoms in total. The molecule has 0 bridgehead atoms. The lowest BCUT2D eigenvalue weighted by atomic mass is 9.94. The number of nitrogens with zero attached hydrogens (tertiary/aromatic N) is 1. The van der Waals surface area contributed by atoms with Gasteiger partial charge in [0.25, 0.3) is 5.56 Å². The predicted octanol–water partition coefficient (Wildman–Crippen LogP) is 1.93. The fourth-order valence-electron chi connectivity index (χ4n) is 2.55. The Labute approximate surface area is 125 Å². The summed E-state index contributed by atoms with van der Waals surface area (Å²) >= 11 is 1.63. The first kappa shape index (κ1) is 13.9. The van der Waals surface area contributed by atoms with Crippen LogP contribution in [-0.4, -0.2) is 27.1 Å². The second-order valence-electron chi connectivity index (χ2n) is 5.01. The monoisotopic (exact) mass is 302 g/mol. The molecule has 0 saturated heterocycles. The summed E-state index contributed by atoms with van der Waals surface area (Å²) in [4.78, 5) is 37.4. The number of H-pyrrole nitrogens is 1. The van der Waals surface area contributed by atoms with E-state index in [0.29, 0.717) is 23.1 Å². The van der Waals surface area contributed by atoms with Crippen LogP contribution < -0.4 is 5.56 Å². The lowest BCUT2D eigenvalue weighted by Gasteiger charge is -2.18. The number of thioether (sulfide) groups is 1. The van der Waals surface area contributed by atoms with E-state index in [1.807, 2.05) is 0 Å². The highest BCUT2D eigenvalue weighted by molar-refractivity contribution is 7.99. The molecule has 0 saturated carbocycles. The van der Waals surface area contributed by atoms with E-state index in [4.69, 9.17) is 0 Å². The van der Waals surface area contributed by atoms with E-state index in [0.717, 1.165) is 10.6 Å². The molecule has 2 aromatic rings. The van der Waals surface area contributed by atoms with Crippen LogP contribution in [0.5, 0.6) is 0 Å². The van der Waals surface area contributed by atoms with Crippen LogP contribution in [0.3, 0.4) is 0 Å². The first-order chi connectivity index (χ1) is 10.0. The zero-order chi connectivity index (χ0) is 15.1. The molecule has 0 fully saturated rings. The molecule has 0 spiro atoms. The molecule has 2 heterocycles. The minimum Gasteiger partial charge on any atom is -0.302 e. The van der Waals surface area contributed by atoms with E-state index in [2.05, 4.69) is 5.10 Å². The zero-order valence-electron chi connectivity index (χ0n) is 11.7. The summed E-state index contributed by atoms with van der Waals surface area (Å²) < 4.78 is 1.25. The van der Waals surface area contributed by atoms with E-state index < -0.39 is 0 Å². The Morgan fingerprint density at radius 1 is 1.29 bits per heavy atom. The molecule has 1 aliphatic rings. The summed E-state index contributed by atoms with van der Waals surface area (Å²) in [6.45, 7) is 1.77. The van der Waals surface area contributed by atoms with Gasteiger partial charge in [-0.3, -0.25) is 19.1 Å². The molecule has 1 N–H and O–H groups in total. The van der Waals surface area contributed by atoms with Crippen molar-refractivity contribution in [1.29, 1.82) is 0 Å². The SMILES string of the molecule is Cc1c(C(=O)c2c[nH]n(C)c2=O)ccc2c1C(=O)CCS2. The molecule has 0 aliphatic carbocycles. The highest BCUT2D eigenvalue weighted by atomic mass is 32.2. The van der Waals surface area contributed by atoms with Crippen LogP contribution in [0.2, 0.25) is 0 Å². The van der Waals surface area contributed by atoms with Crippen LogP contribution in [0.4, 0.5) is 0 Å². The topological polar surface area (TPSA) is 71.9 Å². The van der Waals surface area contributed by atoms with Gasteiger partial charge in [0, 0.05) is 41.4 Å².